The molecule has 0 aliphatic carbocycles. The number of methoxy groups -OCH3 is 2. The van der Waals surface area contributed by atoms with Gasteiger partial charge in [-0.2, -0.15) is 0 Å². The standard InChI is InChI=1S/C17H18N2O6/c1-19-6-4-5-14(19)16(21)18-15(20)10-25-17(22)11-7-12(23-2)9-13(8-11)24-3/h4-9H,10H2,1-3H3,(H,18,20,21). The van der Waals surface area contributed by atoms with Crippen LogP contribution in [0.3, 0.4) is 0 Å². The van der Waals surface area contributed by atoms with Crippen LogP contribution in [0.4, 0.5) is 0 Å². The first-order valence-electron chi connectivity index (χ1n) is 7.30. The van der Waals surface area contributed by atoms with Gasteiger partial charge in [0.2, 0.25) is 0 Å². The third kappa shape index (κ3) is 4.60. The second-order valence-electron chi connectivity index (χ2n) is 5.06. The van der Waals surface area contributed by atoms with Crippen LogP contribution in [0.2, 0.25) is 0 Å². The second kappa shape index (κ2) is 8.00. The van der Waals surface area contributed by atoms with Crippen molar-refractivity contribution in [2.45, 2.75) is 0 Å². The highest BCUT2D eigenvalue weighted by Gasteiger charge is 2.16. The Kier molecular flexibility index (Phi) is 5.78. The number of esters is 1. The van der Waals surface area contributed by atoms with Crippen LogP contribution in [0, 0.1) is 0 Å². The van der Waals surface area contributed by atoms with Crippen LogP contribution >= 0.6 is 0 Å². The van der Waals surface area contributed by atoms with E-state index >= 15 is 0 Å². The summed E-state index contributed by atoms with van der Waals surface area (Å²) in [6.07, 6.45) is 1.68. The quantitative estimate of drug-likeness (QED) is 0.789. The van der Waals surface area contributed by atoms with Crippen LogP contribution in [0.5, 0.6) is 11.5 Å². The molecular formula is C17H18N2O6. The molecule has 2 rings (SSSR count). The largest absolute Gasteiger partial charge is 0.497 e. The summed E-state index contributed by atoms with van der Waals surface area (Å²) in [7, 11) is 4.58. The van der Waals surface area contributed by atoms with Crippen molar-refractivity contribution in [3.63, 3.8) is 0 Å². The molecule has 8 heteroatoms. The summed E-state index contributed by atoms with van der Waals surface area (Å²) in [5.41, 5.74) is 0.481. The third-order valence-corrected chi connectivity index (χ3v) is 3.35. The molecule has 0 atom stereocenters. The van der Waals surface area contributed by atoms with E-state index in [2.05, 4.69) is 5.32 Å². The van der Waals surface area contributed by atoms with Crippen molar-refractivity contribution in [1.29, 1.82) is 0 Å². The topological polar surface area (TPSA) is 95.9 Å². The first kappa shape index (κ1) is 18.1. The molecule has 0 aliphatic rings. The maximum absolute atomic E-state index is 12.1. The van der Waals surface area contributed by atoms with Gasteiger partial charge in [-0.3, -0.25) is 14.9 Å². The highest BCUT2D eigenvalue weighted by Crippen LogP contribution is 2.22. The number of nitrogens with zero attached hydrogens (tertiary/aromatic N) is 1. The molecule has 0 fully saturated rings. The Balaban J connectivity index is 1.94. The Morgan fingerprint density at radius 2 is 1.72 bits per heavy atom. The fourth-order valence-electron chi connectivity index (χ4n) is 2.06. The maximum Gasteiger partial charge on any atom is 0.338 e. The molecule has 8 nitrogen and oxygen atoms in total. The Labute approximate surface area is 144 Å². The Morgan fingerprint density at radius 3 is 2.24 bits per heavy atom. The number of amides is 2. The molecule has 0 bridgehead atoms. The number of carbonyl (C=O) groups is 3. The number of imide groups is 1. The van der Waals surface area contributed by atoms with E-state index in [1.807, 2.05) is 0 Å². The van der Waals surface area contributed by atoms with E-state index in [-0.39, 0.29) is 5.56 Å². The van der Waals surface area contributed by atoms with Crippen LogP contribution in [0.25, 0.3) is 0 Å². The van der Waals surface area contributed by atoms with Gasteiger partial charge < -0.3 is 18.8 Å². The Bertz CT molecular complexity index is 774. The minimum absolute atomic E-state index is 0.165. The smallest absolute Gasteiger partial charge is 0.338 e. The fraction of sp³-hybridized carbons (Fsp3) is 0.235. The van der Waals surface area contributed by atoms with E-state index in [9.17, 15) is 14.4 Å². The zero-order chi connectivity index (χ0) is 18.4. The normalized spacial score (nSPS) is 10.0. The number of ether oxygens (including phenoxy) is 3. The summed E-state index contributed by atoms with van der Waals surface area (Å²) >= 11 is 0. The molecule has 1 heterocycles. The molecule has 0 saturated carbocycles. The summed E-state index contributed by atoms with van der Waals surface area (Å²) in [5, 5.41) is 2.15. The maximum atomic E-state index is 12.1. The monoisotopic (exact) mass is 346 g/mol. The summed E-state index contributed by atoms with van der Waals surface area (Å²) in [6.45, 7) is -0.589. The van der Waals surface area contributed by atoms with Gasteiger partial charge in [0.25, 0.3) is 11.8 Å². The molecule has 1 aromatic heterocycles. The molecule has 2 aromatic rings. The van der Waals surface area contributed by atoms with Gasteiger partial charge in [0.15, 0.2) is 6.61 Å². The van der Waals surface area contributed by atoms with Gasteiger partial charge in [0, 0.05) is 19.3 Å². The lowest BCUT2D eigenvalue weighted by atomic mass is 10.2. The van der Waals surface area contributed by atoms with Crippen molar-refractivity contribution in [2.24, 2.45) is 7.05 Å². The van der Waals surface area contributed by atoms with Gasteiger partial charge in [0.1, 0.15) is 17.2 Å². The van der Waals surface area contributed by atoms with E-state index in [4.69, 9.17) is 14.2 Å². The molecule has 1 aromatic carbocycles. The summed E-state index contributed by atoms with van der Waals surface area (Å²) < 4.78 is 16.6. The number of benzene rings is 1. The Morgan fingerprint density at radius 1 is 1.08 bits per heavy atom. The lowest BCUT2D eigenvalue weighted by Crippen LogP contribution is -2.35. The second-order valence-corrected chi connectivity index (χ2v) is 5.06. The highest BCUT2D eigenvalue weighted by atomic mass is 16.5. The van der Waals surface area contributed by atoms with Crippen LogP contribution in [-0.4, -0.2) is 43.2 Å². The molecule has 2 amide bonds. The molecule has 0 radical (unpaired) electrons. The van der Waals surface area contributed by atoms with Gasteiger partial charge in [-0.15, -0.1) is 0 Å². The van der Waals surface area contributed by atoms with Crippen LogP contribution in [-0.2, 0) is 16.6 Å². The average Bonchev–Trinajstić information content (AvgIpc) is 3.05. The molecule has 0 unspecified atom stereocenters. The molecule has 0 saturated heterocycles. The van der Waals surface area contributed by atoms with E-state index < -0.39 is 24.4 Å². The Hall–Kier alpha value is -3.29. The van der Waals surface area contributed by atoms with Gasteiger partial charge in [-0.1, -0.05) is 0 Å². The van der Waals surface area contributed by atoms with E-state index in [1.165, 1.54) is 26.4 Å². The van der Waals surface area contributed by atoms with Crippen molar-refractivity contribution < 1.29 is 28.6 Å². The summed E-state index contributed by atoms with van der Waals surface area (Å²) in [4.78, 5) is 35.7. The predicted molar refractivity (Wildman–Crippen MR) is 87.7 cm³/mol. The predicted octanol–water partition coefficient (Wildman–Crippen LogP) is 1.16. The molecular weight excluding hydrogens is 328 g/mol. The van der Waals surface area contributed by atoms with Crippen molar-refractivity contribution in [1.82, 2.24) is 9.88 Å². The lowest BCUT2D eigenvalue weighted by Gasteiger charge is -2.09. The SMILES string of the molecule is COc1cc(OC)cc(C(=O)OCC(=O)NC(=O)c2cccn2C)c1. The lowest BCUT2D eigenvalue weighted by molar-refractivity contribution is -0.123. The van der Waals surface area contributed by atoms with E-state index in [0.717, 1.165) is 0 Å². The molecule has 1 N–H and O–H groups in total. The zero-order valence-corrected chi connectivity index (χ0v) is 14.1. The molecule has 25 heavy (non-hydrogen) atoms. The molecule has 0 spiro atoms. The van der Waals surface area contributed by atoms with Gasteiger partial charge in [0.05, 0.1) is 19.8 Å². The number of aryl methyl sites for hydroxylation is 1. The summed E-state index contributed by atoms with van der Waals surface area (Å²) in [5.74, 6) is -1.21. The number of carbonyl (C=O) groups excluding carboxylic acids is 3. The summed E-state index contributed by atoms with van der Waals surface area (Å²) in [6, 6.07) is 7.75. The van der Waals surface area contributed by atoms with Crippen molar-refractivity contribution >= 4 is 17.8 Å². The zero-order valence-electron chi connectivity index (χ0n) is 14.1. The van der Waals surface area contributed by atoms with Gasteiger partial charge >= 0.3 is 5.97 Å². The van der Waals surface area contributed by atoms with Crippen molar-refractivity contribution in [3.05, 3.63) is 47.8 Å². The number of rotatable bonds is 6. The number of hydrogen-bond acceptors (Lipinski definition) is 6. The molecule has 132 valence electrons. The third-order valence-electron chi connectivity index (χ3n) is 3.35. The first-order chi connectivity index (χ1) is 11.9. The van der Waals surface area contributed by atoms with Gasteiger partial charge in [-0.05, 0) is 24.3 Å². The van der Waals surface area contributed by atoms with Crippen molar-refractivity contribution in [2.75, 3.05) is 20.8 Å². The van der Waals surface area contributed by atoms with Gasteiger partial charge in [-0.25, -0.2) is 4.79 Å². The number of hydrogen-bond donors (Lipinski definition) is 1. The minimum atomic E-state index is -0.737. The fourth-order valence-corrected chi connectivity index (χ4v) is 2.06. The average molecular weight is 346 g/mol. The highest BCUT2D eigenvalue weighted by molar-refractivity contribution is 6.04. The number of nitrogens with one attached hydrogen (secondary N) is 1. The number of aromatic nitrogens is 1. The van der Waals surface area contributed by atoms with E-state index in [0.29, 0.717) is 17.2 Å². The van der Waals surface area contributed by atoms with Crippen LogP contribution in [0.1, 0.15) is 20.8 Å². The molecule has 0 aliphatic heterocycles. The van der Waals surface area contributed by atoms with Crippen LogP contribution in [0.15, 0.2) is 36.5 Å². The first-order valence-corrected chi connectivity index (χ1v) is 7.30. The van der Waals surface area contributed by atoms with Crippen LogP contribution < -0.4 is 14.8 Å². The minimum Gasteiger partial charge on any atom is -0.497 e. The van der Waals surface area contributed by atoms with E-state index in [1.54, 1.807) is 36.0 Å². The van der Waals surface area contributed by atoms with Crippen molar-refractivity contribution in [3.8, 4) is 11.5 Å².